The van der Waals surface area contributed by atoms with Gasteiger partial charge in [0.25, 0.3) is 0 Å². The Morgan fingerprint density at radius 1 is 1.23 bits per heavy atom. The molecule has 2 aromatic heterocycles. The minimum Gasteiger partial charge on any atom is -0.481 e. The van der Waals surface area contributed by atoms with E-state index < -0.39 is 17.8 Å². The van der Waals surface area contributed by atoms with Gasteiger partial charge in [-0.1, -0.05) is 12.2 Å². The lowest BCUT2D eigenvalue weighted by atomic mass is 9.82. The number of carboxylic acids is 1. The van der Waals surface area contributed by atoms with Crippen LogP contribution in [-0.4, -0.2) is 34.0 Å². The maximum atomic E-state index is 13.0. The van der Waals surface area contributed by atoms with E-state index in [0.29, 0.717) is 22.8 Å². The van der Waals surface area contributed by atoms with Gasteiger partial charge in [0.05, 0.1) is 27.6 Å². The molecule has 2 bridgehead atoms. The van der Waals surface area contributed by atoms with E-state index in [1.54, 1.807) is 6.07 Å². The third-order valence-corrected chi connectivity index (χ3v) is 8.61. The predicted octanol–water partition coefficient (Wildman–Crippen LogP) is 4.20. The maximum absolute atomic E-state index is 13.0. The fraction of sp³-hybridized carbons (Fsp3) is 0.320. The van der Waals surface area contributed by atoms with Crippen LogP contribution in [0.3, 0.4) is 0 Å². The first-order valence-electron chi connectivity index (χ1n) is 11.2. The number of benzene rings is 1. The van der Waals surface area contributed by atoms with Crippen molar-refractivity contribution in [3.05, 3.63) is 53.2 Å². The van der Waals surface area contributed by atoms with Crippen molar-refractivity contribution in [3.63, 3.8) is 0 Å². The number of nitriles is 1. The van der Waals surface area contributed by atoms with Crippen LogP contribution >= 0.6 is 23.1 Å². The van der Waals surface area contributed by atoms with Crippen LogP contribution in [0.4, 0.5) is 5.69 Å². The first-order valence-corrected chi connectivity index (χ1v) is 12.9. The van der Waals surface area contributed by atoms with Crippen LogP contribution in [0.25, 0.3) is 10.2 Å². The molecular weight excluding hydrogens is 482 g/mol. The number of hydrogen-bond acceptors (Lipinski definition) is 8. The summed E-state index contributed by atoms with van der Waals surface area (Å²) in [5.74, 6) is -2.51. The third-order valence-electron chi connectivity index (χ3n) is 6.54. The van der Waals surface area contributed by atoms with Crippen molar-refractivity contribution < 1.29 is 14.7 Å². The number of carbonyl (C=O) groups is 2. The standard InChI is InChI=1S/C25H23N5O3S2/c1-12-7-15(11-27-2)17(10-26)23(28-12)35-25-30-18-6-5-16(9-19(18)34-25)29-22(31)20-13-3-4-14(8-13)21(20)24(32)33/h3-7,9,13-14,20-21,27H,8,11H2,1-2H3,(H,29,31)(H,32,33)/t13-,14-,20-,21-/m0/s1. The van der Waals surface area contributed by atoms with E-state index in [-0.39, 0.29) is 17.7 Å². The van der Waals surface area contributed by atoms with E-state index in [4.69, 9.17) is 0 Å². The fourth-order valence-corrected chi connectivity index (χ4v) is 7.27. The average molecular weight is 506 g/mol. The average Bonchev–Trinajstić information content (AvgIpc) is 3.53. The van der Waals surface area contributed by atoms with Gasteiger partial charge in [0.15, 0.2) is 4.34 Å². The van der Waals surface area contributed by atoms with Crippen molar-refractivity contribution in [3.8, 4) is 6.07 Å². The smallest absolute Gasteiger partial charge is 0.307 e. The minimum absolute atomic E-state index is 0.0276. The molecule has 1 saturated carbocycles. The number of aliphatic carboxylic acids is 1. The molecule has 1 amide bonds. The molecule has 0 spiro atoms. The summed E-state index contributed by atoms with van der Waals surface area (Å²) in [6, 6.07) is 9.65. The number of carbonyl (C=O) groups excluding carboxylic acids is 1. The summed E-state index contributed by atoms with van der Waals surface area (Å²) < 4.78 is 1.63. The number of nitrogens with one attached hydrogen (secondary N) is 2. The lowest BCUT2D eigenvalue weighted by molar-refractivity contribution is -0.146. The monoisotopic (exact) mass is 505 g/mol. The third kappa shape index (κ3) is 4.43. The second-order valence-electron chi connectivity index (χ2n) is 8.84. The molecule has 2 heterocycles. The number of carboxylic acid groups (broad SMARTS) is 1. The van der Waals surface area contributed by atoms with Crippen molar-refractivity contribution in [2.75, 3.05) is 12.4 Å². The zero-order valence-electron chi connectivity index (χ0n) is 19.1. The first-order chi connectivity index (χ1) is 16.9. The van der Waals surface area contributed by atoms with Gasteiger partial charge in [-0.25, -0.2) is 9.97 Å². The fourth-order valence-electron chi connectivity index (χ4n) is 5.08. The number of allylic oxidation sites excluding steroid dienone is 2. The van der Waals surface area contributed by atoms with E-state index in [1.807, 2.05) is 44.3 Å². The van der Waals surface area contributed by atoms with E-state index in [1.165, 1.54) is 23.1 Å². The molecule has 178 valence electrons. The van der Waals surface area contributed by atoms with Gasteiger partial charge in [0.2, 0.25) is 5.91 Å². The molecule has 8 nitrogen and oxygen atoms in total. The number of aromatic nitrogens is 2. The molecule has 0 unspecified atom stereocenters. The summed E-state index contributed by atoms with van der Waals surface area (Å²) in [4.78, 5) is 34.0. The van der Waals surface area contributed by atoms with E-state index in [0.717, 1.165) is 32.2 Å². The van der Waals surface area contributed by atoms with E-state index >= 15 is 0 Å². The minimum atomic E-state index is -0.916. The molecular formula is C25H23N5O3S2. The van der Waals surface area contributed by atoms with Crippen molar-refractivity contribution >= 4 is 50.9 Å². The number of pyridine rings is 1. The number of amides is 1. The molecule has 3 N–H and O–H groups in total. The van der Waals surface area contributed by atoms with Crippen LogP contribution < -0.4 is 10.6 Å². The lowest BCUT2D eigenvalue weighted by Gasteiger charge is -2.23. The van der Waals surface area contributed by atoms with Gasteiger partial charge in [0.1, 0.15) is 11.1 Å². The number of thiazole rings is 1. The molecule has 1 fully saturated rings. The molecule has 10 heteroatoms. The van der Waals surface area contributed by atoms with E-state index in [2.05, 4.69) is 26.7 Å². The van der Waals surface area contributed by atoms with Crippen LogP contribution in [0, 0.1) is 41.9 Å². The molecule has 5 rings (SSSR count). The number of nitrogens with zero attached hydrogens (tertiary/aromatic N) is 3. The normalized spacial score (nSPS) is 22.4. The van der Waals surface area contributed by atoms with Crippen molar-refractivity contribution in [1.82, 2.24) is 15.3 Å². The Hall–Kier alpha value is -3.26. The number of aryl methyl sites for hydroxylation is 1. The van der Waals surface area contributed by atoms with Crippen LogP contribution in [-0.2, 0) is 16.1 Å². The Labute approximate surface area is 210 Å². The Kier molecular flexibility index (Phi) is 6.32. The number of hydrogen-bond donors (Lipinski definition) is 3. The SMILES string of the molecule is CNCc1cc(C)nc(Sc2nc3ccc(NC(=O)[C@@H]4[C@@H](C(=O)O)[C@H]5C=C[C@H]4C5)cc3s2)c1C#N. The molecule has 1 aromatic carbocycles. The topological polar surface area (TPSA) is 128 Å². The number of anilines is 1. The van der Waals surface area contributed by atoms with E-state index in [9.17, 15) is 20.0 Å². The van der Waals surface area contributed by atoms with Crippen molar-refractivity contribution in [1.29, 1.82) is 5.26 Å². The van der Waals surface area contributed by atoms with Crippen LogP contribution in [0.2, 0.25) is 0 Å². The highest BCUT2D eigenvalue weighted by Crippen LogP contribution is 2.48. The van der Waals surface area contributed by atoms with Crippen molar-refractivity contribution in [2.24, 2.45) is 23.7 Å². The highest BCUT2D eigenvalue weighted by molar-refractivity contribution is 8.01. The number of fused-ring (bicyclic) bond motifs is 3. The summed E-state index contributed by atoms with van der Waals surface area (Å²) in [5, 5.41) is 26.0. The zero-order chi connectivity index (χ0) is 24.7. The summed E-state index contributed by atoms with van der Waals surface area (Å²) in [7, 11) is 1.84. The molecule has 2 aliphatic carbocycles. The van der Waals surface area contributed by atoms with Crippen LogP contribution in [0.1, 0.15) is 23.2 Å². The molecule has 4 atom stereocenters. The highest BCUT2D eigenvalue weighted by Gasteiger charge is 2.51. The first kappa shape index (κ1) is 23.5. The molecule has 2 aliphatic rings. The van der Waals surface area contributed by atoms with Crippen LogP contribution in [0.5, 0.6) is 0 Å². The molecule has 3 aromatic rings. The Balaban J connectivity index is 1.37. The summed E-state index contributed by atoms with van der Waals surface area (Å²) >= 11 is 2.81. The van der Waals surface area contributed by atoms with Gasteiger partial charge in [-0.15, -0.1) is 11.3 Å². The largest absolute Gasteiger partial charge is 0.481 e. The van der Waals surface area contributed by atoms with Gasteiger partial charge in [-0.05, 0) is 73.8 Å². The van der Waals surface area contributed by atoms with Gasteiger partial charge in [-0.3, -0.25) is 9.59 Å². The Morgan fingerprint density at radius 2 is 2.00 bits per heavy atom. The lowest BCUT2D eigenvalue weighted by Crippen LogP contribution is -2.36. The summed E-state index contributed by atoms with van der Waals surface area (Å²) in [5.41, 5.74) is 3.66. The van der Waals surface area contributed by atoms with Gasteiger partial charge >= 0.3 is 5.97 Å². The van der Waals surface area contributed by atoms with Crippen molar-refractivity contribution in [2.45, 2.75) is 29.3 Å². The quantitative estimate of drug-likeness (QED) is 0.408. The zero-order valence-corrected chi connectivity index (χ0v) is 20.7. The highest BCUT2D eigenvalue weighted by atomic mass is 32.2. The molecule has 0 saturated heterocycles. The summed E-state index contributed by atoms with van der Waals surface area (Å²) in [6.45, 7) is 2.47. The van der Waals surface area contributed by atoms with Gasteiger partial charge in [0, 0.05) is 17.9 Å². The maximum Gasteiger partial charge on any atom is 0.307 e. The molecule has 35 heavy (non-hydrogen) atoms. The Bertz CT molecular complexity index is 1410. The molecule has 0 aliphatic heterocycles. The van der Waals surface area contributed by atoms with Crippen LogP contribution in [0.15, 0.2) is 45.8 Å². The Morgan fingerprint density at radius 3 is 2.71 bits per heavy atom. The molecule has 0 radical (unpaired) electrons. The van der Waals surface area contributed by atoms with Gasteiger partial charge < -0.3 is 15.7 Å². The van der Waals surface area contributed by atoms with Gasteiger partial charge in [-0.2, -0.15) is 5.26 Å². The second kappa shape index (κ2) is 9.41. The predicted molar refractivity (Wildman–Crippen MR) is 134 cm³/mol. The second-order valence-corrected chi connectivity index (χ2v) is 11.1. The summed E-state index contributed by atoms with van der Waals surface area (Å²) in [6.07, 6.45) is 4.62. The number of rotatable bonds is 7.